The molecule has 2 rings (SSSR count). The Morgan fingerprint density at radius 3 is 2.65 bits per heavy atom. The fourth-order valence-corrected chi connectivity index (χ4v) is 2.96. The van der Waals surface area contributed by atoms with Crippen molar-refractivity contribution >= 4 is 11.6 Å². The van der Waals surface area contributed by atoms with Gasteiger partial charge in [0.15, 0.2) is 0 Å². The van der Waals surface area contributed by atoms with Crippen molar-refractivity contribution in [3.63, 3.8) is 0 Å². The van der Waals surface area contributed by atoms with Crippen LogP contribution in [0.1, 0.15) is 31.7 Å². The molecule has 0 atom stereocenters. The normalized spacial score (nSPS) is 17.2. The topological polar surface area (TPSA) is 44.3 Å². The SMILES string of the molecule is CCCc1c(NC)ncnc1N(C)C1CCN(C)CC1. The smallest absolute Gasteiger partial charge is 0.137 e. The summed E-state index contributed by atoms with van der Waals surface area (Å²) in [5.74, 6) is 2.07. The van der Waals surface area contributed by atoms with Gasteiger partial charge in [0.2, 0.25) is 0 Å². The minimum atomic E-state index is 0.585. The molecule has 20 heavy (non-hydrogen) atoms. The van der Waals surface area contributed by atoms with Crippen LogP contribution in [0.15, 0.2) is 6.33 Å². The zero-order chi connectivity index (χ0) is 14.5. The number of nitrogens with one attached hydrogen (secondary N) is 1. The van der Waals surface area contributed by atoms with Crippen LogP contribution in [0.25, 0.3) is 0 Å². The molecular weight excluding hydrogens is 250 g/mol. The highest BCUT2D eigenvalue weighted by atomic mass is 15.2. The molecule has 0 aromatic carbocycles. The van der Waals surface area contributed by atoms with Crippen molar-refractivity contribution in [1.82, 2.24) is 14.9 Å². The number of anilines is 2. The van der Waals surface area contributed by atoms with E-state index in [-0.39, 0.29) is 0 Å². The number of piperidine rings is 1. The molecule has 1 aromatic rings. The molecular formula is C15H27N5. The monoisotopic (exact) mass is 277 g/mol. The first-order valence-corrected chi connectivity index (χ1v) is 7.60. The van der Waals surface area contributed by atoms with Crippen molar-refractivity contribution in [1.29, 1.82) is 0 Å². The largest absolute Gasteiger partial charge is 0.373 e. The van der Waals surface area contributed by atoms with Gasteiger partial charge in [0.25, 0.3) is 0 Å². The molecule has 1 saturated heterocycles. The predicted molar refractivity (Wildman–Crippen MR) is 84.5 cm³/mol. The molecule has 0 aliphatic carbocycles. The van der Waals surface area contributed by atoms with Crippen molar-refractivity contribution in [2.24, 2.45) is 0 Å². The van der Waals surface area contributed by atoms with E-state index in [1.165, 1.54) is 31.5 Å². The second-order valence-electron chi connectivity index (χ2n) is 5.67. The van der Waals surface area contributed by atoms with Crippen molar-refractivity contribution < 1.29 is 0 Å². The molecule has 0 spiro atoms. The van der Waals surface area contributed by atoms with Crippen molar-refractivity contribution in [3.8, 4) is 0 Å². The van der Waals surface area contributed by atoms with Gasteiger partial charge in [-0.15, -0.1) is 0 Å². The van der Waals surface area contributed by atoms with Crippen LogP contribution in [-0.2, 0) is 6.42 Å². The highest BCUT2D eigenvalue weighted by Crippen LogP contribution is 2.27. The average Bonchev–Trinajstić information content (AvgIpc) is 2.48. The summed E-state index contributed by atoms with van der Waals surface area (Å²) in [6, 6.07) is 0.585. The predicted octanol–water partition coefficient (Wildman–Crippen LogP) is 2.00. The number of hydrogen-bond acceptors (Lipinski definition) is 5. The molecule has 1 aliphatic heterocycles. The summed E-state index contributed by atoms with van der Waals surface area (Å²) < 4.78 is 0. The quantitative estimate of drug-likeness (QED) is 0.892. The summed E-state index contributed by atoms with van der Waals surface area (Å²) in [5, 5.41) is 3.20. The second-order valence-corrected chi connectivity index (χ2v) is 5.67. The Labute approximate surface area is 122 Å². The maximum Gasteiger partial charge on any atom is 0.137 e. The molecule has 1 aliphatic rings. The van der Waals surface area contributed by atoms with Gasteiger partial charge in [0, 0.05) is 25.7 Å². The molecule has 0 amide bonds. The number of likely N-dealkylation sites (tertiary alicyclic amines) is 1. The lowest BCUT2D eigenvalue weighted by Gasteiger charge is -2.36. The van der Waals surface area contributed by atoms with Crippen LogP contribution in [0.4, 0.5) is 11.6 Å². The Bertz CT molecular complexity index is 426. The summed E-state index contributed by atoms with van der Waals surface area (Å²) in [6.07, 6.45) is 6.21. The third kappa shape index (κ3) is 3.20. The van der Waals surface area contributed by atoms with Crippen LogP contribution in [0.3, 0.4) is 0 Å². The van der Waals surface area contributed by atoms with Gasteiger partial charge in [-0.1, -0.05) is 13.3 Å². The average molecular weight is 277 g/mol. The van der Waals surface area contributed by atoms with Crippen LogP contribution in [-0.4, -0.2) is 55.1 Å². The zero-order valence-electron chi connectivity index (χ0n) is 13.2. The Morgan fingerprint density at radius 1 is 1.35 bits per heavy atom. The molecule has 1 fully saturated rings. The maximum atomic E-state index is 4.56. The molecule has 2 heterocycles. The Balaban J connectivity index is 2.22. The first-order chi connectivity index (χ1) is 9.67. The Hall–Kier alpha value is -1.36. The van der Waals surface area contributed by atoms with E-state index in [1.807, 2.05) is 7.05 Å². The van der Waals surface area contributed by atoms with Gasteiger partial charge >= 0.3 is 0 Å². The minimum Gasteiger partial charge on any atom is -0.373 e. The van der Waals surface area contributed by atoms with E-state index in [0.717, 1.165) is 24.5 Å². The minimum absolute atomic E-state index is 0.585. The number of hydrogen-bond donors (Lipinski definition) is 1. The zero-order valence-corrected chi connectivity index (χ0v) is 13.2. The second kappa shape index (κ2) is 6.88. The van der Waals surface area contributed by atoms with Crippen molar-refractivity contribution in [2.75, 3.05) is 44.4 Å². The fraction of sp³-hybridized carbons (Fsp3) is 0.733. The Kier molecular flexibility index (Phi) is 5.17. The maximum absolute atomic E-state index is 4.56. The molecule has 0 saturated carbocycles. The van der Waals surface area contributed by atoms with Gasteiger partial charge in [-0.2, -0.15) is 0 Å². The first-order valence-electron chi connectivity index (χ1n) is 7.60. The van der Waals surface area contributed by atoms with Crippen molar-refractivity contribution in [2.45, 2.75) is 38.6 Å². The van der Waals surface area contributed by atoms with E-state index in [1.54, 1.807) is 6.33 Å². The first kappa shape index (κ1) is 15.0. The third-order valence-corrected chi connectivity index (χ3v) is 4.23. The summed E-state index contributed by atoms with van der Waals surface area (Å²) in [4.78, 5) is 13.7. The summed E-state index contributed by atoms with van der Waals surface area (Å²) >= 11 is 0. The van der Waals surface area contributed by atoms with E-state index >= 15 is 0 Å². The van der Waals surface area contributed by atoms with E-state index in [9.17, 15) is 0 Å². The van der Waals surface area contributed by atoms with E-state index in [4.69, 9.17) is 0 Å². The van der Waals surface area contributed by atoms with Gasteiger partial charge < -0.3 is 15.1 Å². The molecule has 5 nitrogen and oxygen atoms in total. The lowest BCUT2D eigenvalue weighted by atomic mass is 10.0. The highest BCUT2D eigenvalue weighted by Gasteiger charge is 2.24. The summed E-state index contributed by atoms with van der Waals surface area (Å²) in [5.41, 5.74) is 1.25. The number of nitrogens with zero attached hydrogens (tertiary/aromatic N) is 4. The molecule has 1 N–H and O–H groups in total. The lowest BCUT2D eigenvalue weighted by Crippen LogP contribution is -2.42. The molecule has 112 valence electrons. The van der Waals surface area contributed by atoms with E-state index in [2.05, 4.69) is 46.1 Å². The molecule has 0 bridgehead atoms. The lowest BCUT2D eigenvalue weighted by molar-refractivity contribution is 0.252. The van der Waals surface area contributed by atoms with Gasteiger partial charge in [0.1, 0.15) is 18.0 Å². The molecule has 1 aromatic heterocycles. The van der Waals surface area contributed by atoms with Crippen LogP contribution < -0.4 is 10.2 Å². The van der Waals surface area contributed by atoms with E-state index in [0.29, 0.717) is 6.04 Å². The summed E-state index contributed by atoms with van der Waals surface area (Å²) in [6.45, 7) is 4.54. The van der Waals surface area contributed by atoms with Crippen LogP contribution >= 0.6 is 0 Å². The summed E-state index contributed by atoms with van der Waals surface area (Å²) in [7, 11) is 6.31. The highest BCUT2D eigenvalue weighted by molar-refractivity contribution is 5.58. The Morgan fingerprint density at radius 2 is 2.05 bits per heavy atom. The molecule has 0 unspecified atom stereocenters. The van der Waals surface area contributed by atoms with Gasteiger partial charge in [0.05, 0.1) is 0 Å². The van der Waals surface area contributed by atoms with Crippen LogP contribution in [0.5, 0.6) is 0 Å². The number of aromatic nitrogens is 2. The fourth-order valence-electron chi connectivity index (χ4n) is 2.96. The van der Waals surface area contributed by atoms with Crippen molar-refractivity contribution in [3.05, 3.63) is 11.9 Å². The van der Waals surface area contributed by atoms with Gasteiger partial charge in [-0.05, 0) is 39.4 Å². The van der Waals surface area contributed by atoms with Crippen LogP contribution in [0, 0.1) is 0 Å². The standard InChI is InChI=1S/C15H27N5/c1-5-6-13-14(16-2)17-11-18-15(13)20(4)12-7-9-19(3)10-8-12/h11-12H,5-10H2,1-4H3,(H,16,17,18). The molecule has 5 heteroatoms. The molecule has 0 radical (unpaired) electrons. The van der Waals surface area contributed by atoms with Crippen LogP contribution in [0.2, 0.25) is 0 Å². The van der Waals surface area contributed by atoms with Gasteiger partial charge in [-0.25, -0.2) is 9.97 Å². The third-order valence-electron chi connectivity index (χ3n) is 4.23. The van der Waals surface area contributed by atoms with E-state index < -0.39 is 0 Å². The number of rotatable bonds is 5. The van der Waals surface area contributed by atoms with Gasteiger partial charge in [-0.3, -0.25) is 0 Å².